The van der Waals surface area contributed by atoms with Gasteiger partial charge in [-0.25, -0.2) is 4.79 Å². The molecule has 0 aliphatic carbocycles. The van der Waals surface area contributed by atoms with Gasteiger partial charge in [-0.3, -0.25) is 4.79 Å². The molecule has 0 radical (unpaired) electrons. The molecule has 1 aromatic rings. The third-order valence-electron chi connectivity index (χ3n) is 3.47. The number of rotatable bonds is 5. The van der Waals surface area contributed by atoms with Gasteiger partial charge in [0.15, 0.2) is 5.76 Å². The van der Waals surface area contributed by atoms with Crippen LogP contribution in [0.5, 0.6) is 0 Å². The zero-order valence-corrected chi connectivity index (χ0v) is 12.4. The minimum absolute atomic E-state index is 0.111. The lowest BCUT2D eigenvalue weighted by molar-refractivity contribution is -0.141. The standard InChI is InChI=1S/C14H21N3O4/c1-3-10-8-12(21-16-10)11-6-5-7-17(11)14(19)15-9-13(18)20-4-2/h8,11H,3-7,9H2,1-2H3,(H,15,19)/t11-/m0/s1. The molecule has 7 heteroatoms. The maximum atomic E-state index is 12.2. The molecule has 0 saturated carbocycles. The molecule has 1 N–H and O–H groups in total. The fraction of sp³-hybridized carbons (Fsp3) is 0.643. The first-order valence-corrected chi connectivity index (χ1v) is 7.31. The van der Waals surface area contributed by atoms with Gasteiger partial charge >= 0.3 is 12.0 Å². The number of carbonyl (C=O) groups excluding carboxylic acids is 2. The molecule has 1 saturated heterocycles. The Morgan fingerprint density at radius 1 is 1.52 bits per heavy atom. The van der Waals surface area contributed by atoms with E-state index in [0.717, 1.165) is 25.0 Å². The third kappa shape index (κ3) is 3.74. The Balaban J connectivity index is 1.94. The predicted molar refractivity (Wildman–Crippen MR) is 74.6 cm³/mol. The lowest BCUT2D eigenvalue weighted by Gasteiger charge is -2.22. The summed E-state index contributed by atoms with van der Waals surface area (Å²) in [6.45, 7) is 4.55. The van der Waals surface area contributed by atoms with Crippen LogP contribution in [0.4, 0.5) is 4.79 Å². The molecule has 21 heavy (non-hydrogen) atoms. The number of carbonyl (C=O) groups is 2. The van der Waals surface area contributed by atoms with Gasteiger partial charge in [-0.1, -0.05) is 12.1 Å². The second-order valence-corrected chi connectivity index (χ2v) is 4.89. The first-order valence-electron chi connectivity index (χ1n) is 7.31. The molecule has 2 heterocycles. The van der Waals surface area contributed by atoms with E-state index in [9.17, 15) is 9.59 Å². The average Bonchev–Trinajstić information content (AvgIpc) is 3.12. The lowest BCUT2D eigenvalue weighted by atomic mass is 10.1. The van der Waals surface area contributed by atoms with E-state index in [4.69, 9.17) is 9.26 Å². The Labute approximate surface area is 123 Å². The van der Waals surface area contributed by atoms with Crippen LogP contribution in [0.2, 0.25) is 0 Å². The van der Waals surface area contributed by atoms with Gasteiger partial charge in [0.2, 0.25) is 0 Å². The summed E-state index contributed by atoms with van der Waals surface area (Å²) in [5, 5.41) is 6.54. The van der Waals surface area contributed by atoms with E-state index in [1.54, 1.807) is 11.8 Å². The molecule has 2 amide bonds. The zero-order chi connectivity index (χ0) is 15.2. The second kappa shape index (κ2) is 7.10. The molecule has 0 bridgehead atoms. The smallest absolute Gasteiger partial charge is 0.325 e. The summed E-state index contributed by atoms with van der Waals surface area (Å²) in [6, 6.07) is 1.50. The van der Waals surface area contributed by atoms with E-state index in [1.807, 2.05) is 13.0 Å². The Morgan fingerprint density at radius 2 is 2.33 bits per heavy atom. The van der Waals surface area contributed by atoms with Crippen LogP contribution in [0.1, 0.15) is 44.2 Å². The van der Waals surface area contributed by atoms with Gasteiger partial charge in [0, 0.05) is 12.6 Å². The number of nitrogens with one attached hydrogen (secondary N) is 1. The predicted octanol–water partition coefficient (Wildman–Crippen LogP) is 1.65. The van der Waals surface area contributed by atoms with Gasteiger partial charge in [-0.05, 0) is 26.2 Å². The average molecular weight is 295 g/mol. The van der Waals surface area contributed by atoms with Gasteiger partial charge in [0.1, 0.15) is 6.54 Å². The molecule has 1 aliphatic heterocycles. The maximum Gasteiger partial charge on any atom is 0.325 e. The fourth-order valence-electron chi connectivity index (χ4n) is 2.42. The van der Waals surface area contributed by atoms with Crippen molar-refractivity contribution >= 4 is 12.0 Å². The Hall–Kier alpha value is -2.05. The molecule has 7 nitrogen and oxygen atoms in total. The van der Waals surface area contributed by atoms with Crippen molar-refractivity contribution in [3.05, 3.63) is 17.5 Å². The third-order valence-corrected chi connectivity index (χ3v) is 3.47. The summed E-state index contributed by atoms with van der Waals surface area (Å²) >= 11 is 0. The topological polar surface area (TPSA) is 84.7 Å². The van der Waals surface area contributed by atoms with Gasteiger partial charge in [0.25, 0.3) is 0 Å². The van der Waals surface area contributed by atoms with Crippen molar-refractivity contribution in [2.75, 3.05) is 19.7 Å². The first kappa shape index (κ1) is 15.3. The summed E-state index contributed by atoms with van der Waals surface area (Å²) in [6.07, 6.45) is 2.54. The molecule has 1 atom stereocenters. The van der Waals surface area contributed by atoms with Crippen molar-refractivity contribution in [1.29, 1.82) is 0 Å². The Morgan fingerprint density at radius 3 is 3.00 bits per heavy atom. The number of nitrogens with zero attached hydrogens (tertiary/aromatic N) is 2. The Kier molecular flexibility index (Phi) is 5.19. The highest BCUT2D eigenvalue weighted by Gasteiger charge is 2.32. The molecular weight excluding hydrogens is 274 g/mol. The number of urea groups is 1. The molecule has 0 spiro atoms. The molecule has 0 aromatic carbocycles. The van der Waals surface area contributed by atoms with Crippen LogP contribution in [0.3, 0.4) is 0 Å². The van der Waals surface area contributed by atoms with Crippen molar-refractivity contribution in [2.45, 2.75) is 39.2 Å². The molecule has 1 fully saturated rings. The van der Waals surface area contributed by atoms with Crippen LogP contribution in [0.15, 0.2) is 10.6 Å². The number of esters is 1. The van der Waals surface area contributed by atoms with E-state index in [2.05, 4.69) is 10.5 Å². The zero-order valence-electron chi connectivity index (χ0n) is 12.4. The largest absolute Gasteiger partial charge is 0.465 e. The van der Waals surface area contributed by atoms with Gasteiger partial charge in [0.05, 0.1) is 18.3 Å². The van der Waals surface area contributed by atoms with E-state index >= 15 is 0 Å². The van der Waals surface area contributed by atoms with E-state index in [-0.39, 0.29) is 18.6 Å². The van der Waals surface area contributed by atoms with Crippen LogP contribution in [-0.4, -0.2) is 41.8 Å². The maximum absolute atomic E-state index is 12.2. The highest BCUT2D eigenvalue weighted by Crippen LogP contribution is 2.32. The number of ether oxygens (including phenoxy) is 1. The summed E-state index contributed by atoms with van der Waals surface area (Å²) in [7, 11) is 0. The fourth-order valence-corrected chi connectivity index (χ4v) is 2.42. The Bertz CT molecular complexity index is 500. The normalized spacial score (nSPS) is 17.8. The summed E-state index contributed by atoms with van der Waals surface area (Å²) in [5.41, 5.74) is 0.879. The number of aryl methyl sites for hydroxylation is 1. The molecule has 0 unspecified atom stereocenters. The molecule has 116 valence electrons. The van der Waals surface area contributed by atoms with Gasteiger partial charge in [-0.2, -0.15) is 0 Å². The van der Waals surface area contributed by atoms with Crippen molar-refractivity contribution in [3.63, 3.8) is 0 Å². The first-order chi connectivity index (χ1) is 10.2. The number of aromatic nitrogens is 1. The van der Waals surface area contributed by atoms with E-state index < -0.39 is 5.97 Å². The number of likely N-dealkylation sites (tertiary alicyclic amines) is 1. The van der Waals surface area contributed by atoms with E-state index in [1.165, 1.54) is 0 Å². The second-order valence-electron chi connectivity index (χ2n) is 4.89. The van der Waals surface area contributed by atoms with Crippen LogP contribution in [0.25, 0.3) is 0 Å². The SMILES string of the molecule is CCOC(=O)CNC(=O)N1CCC[C@H]1c1cc(CC)no1. The van der Waals surface area contributed by atoms with Crippen molar-refractivity contribution < 1.29 is 18.8 Å². The molecule has 1 aromatic heterocycles. The highest BCUT2D eigenvalue weighted by atomic mass is 16.5. The van der Waals surface area contributed by atoms with Crippen LogP contribution in [0, 0.1) is 0 Å². The van der Waals surface area contributed by atoms with Crippen molar-refractivity contribution in [3.8, 4) is 0 Å². The monoisotopic (exact) mass is 295 g/mol. The summed E-state index contributed by atoms with van der Waals surface area (Å²) < 4.78 is 10.1. The minimum atomic E-state index is -0.436. The van der Waals surface area contributed by atoms with Crippen LogP contribution < -0.4 is 5.32 Å². The van der Waals surface area contributed by atoms with Gasteiger partial charge < -0.3 is 19.5 Å². The van der Waals surface area contributed by atoms with Crippen molar-refractivity contribution in [1.82, 2.24) is 15.4 Å². The van der Waals surface area contributed by atoms with Crippen LogP contribution in [-0.2, 0) is 16.0 Å². The highest BCUT2D eigenvalue weighted by molar-refractivity contribution is 5.81. The lowest BCUT2D eigenvalue weighted by Crippen LogP contribution is -2.41. The van der Waals surface area contributed by atoms with Crippen LogP contribution >= 0.6 is 0 Å². The van der Waals surface area contributed by atoms with Crippen molar-refractivity contribution in [2.24, 2.45) is 0 Å². The summed E-state index contributed by atoms with van der Waals surface area (Å²) in [4.78, 5) is 25.1. The molecule has 1 aliphatic rings. The molecular formula is C14H21N3O4. The quantitative estimate of drug-likeness (QED) is 0.835. The van der Waals surface area contributed by atoms with E-state index in [0.29, 0.717) is 18.9 Å². The number of amides is 2. The summed E-state index contributed by atoms with van der Waals surface area (Å²) in [5.74, 6) is 0.269. The molecule has 2 rings (SSSR count). The van der Waals surface area contributed by atoms with Gasteiger partial charge in [-0.15, -0.1) is 0 Å². The number of hydrogen-bond donors (Lipinski definition) is 1. The minimum Gasteiger partial charge on any atom is -0.465 e. The number of hydrogen-bond acceptors (Lipinski definition) is 5.